The molecule has 0 atom stereocenters. The number of hydrogen-bond donors (Lipinski definition) is 1. The molecule has 5 nitrogen and oxygen atoms in total. The summed E-state index contributed by atoms with van der Waals surface area (Å²) in [6, 6.07) is 47.9. The zero-order valence-corrected chi connectivity index (χ0v) is 41.4. The van der Waals surface area contributed by atoms with Crippen LogP contribution in [0.5, 0.6) is 5.75 Å². The van der Waals surface area contributed by atoms with Crippen LogP contribution in [-0.4, -0.2) is 32.3 Å². The fraction of sp³-hybridized carbons (Fsp3) is 0.250. The Hall–Kier alpha value is -5.55. The van der Waals surface area contributed by atoms with E-state index in [1.54, 1.807) is 0 Å². The number of para-hydroxylation sites is 2. The molecule has 0 spiro atoms. The van der Waals surface area contributed by atoms with E-state index in [2.05, 4.69) is 206 Å². The van der Waals surface area contributed by atoms with Gasteiger partial charge in [0.15, 0.2) is 0 Å². The van der Waals surface area contributed by atoms with Crippen molar-refractivity contribution in [3.63, 3.8) is 0 Å². The van der Waals surface area contributed by atoms with Gasteiger partial charge in [-0.15, -0.1) is 28.9 Å². The van der Waals surface area contributed by atoms with E-state index in [1.165, 1.54) is 26.8 Å². The first-order valence-electron chi connectivity index (χ1n) is 21.9. The van der Waals surface area contributed by atoms with Gasteiger partial charge in [0, 0.05) is 49.2 Å². The molecular formula is C56H55N4OPtSi-. The van der Waals surface area contributed by atoms with Crippen LogP contribution in [0.3, 0.4) is 0 Å². The molecule has 4 heterocycles. The van der Waals surface area contributed by atoms with Crippen LogP contribution in [0.25, 0.3) is 78.0 Å². The molecule has 63 heavy (non-hydrogen) atoms. The number of hydrogen-bond acceptors (Lipinski definition) is 3. The van der Waals surface area contributed by atoms with Gasteiger partial charge in [0.05, 0.1) is 35.9 Å². The Labute approximate surface area is 387 Å². The van der Waals surface area contributed by atoms with Gasteiger partial charge in [-0.3, -0.25) is 4.57 Å². The van der Waals surface area contributed by atoms with E-state index < -0.39 is 8.07 Å². The number of aromatic hydroxyl groups is 1. The summed E-state index contributed by atoms with van der Waals surface area (Å²) in [7, 11) is -2.13. The topological polar surface area (TPSA) is 55.9 Å². The van der Waals surface area contributed by atoms with Gasteiger partial charge in [0.25, 0.3) is 0 Å². The fourth-order valence-corrected chi connectivity index (χ4v) is 12.6. The largest absolute Gasteiger partial charge is 0.507 e. The van der Waals surface area contributed by atoms with Gasteiger partial charge in [0.1, 0.15) is 17.2 Å². The molecule has 7 heteroatoms. The van der Waals surface area contributed by atoms with Crippen LogP contribution in [0.1, 0.15) is 79.0 Å². The number of phenols is 1. The molecule has 1 aliphatic heterocycles. The normalized spacial score (nSPS) is 13.7. The first kappa shape index (κ1) is 42.7. The van der Waals surface area contributed by atoms with Crippen LogP contribution in [0.2, 0.25) is 13.1 Å². The molecular weight excluding hydrogens is 968 g/mol. The summed E-state index contributed by atoms with van der Waals surface area (Å²) >= 11 is 0. The van der Waals surface area contributed by atoms with Crippen molar-refractivity contribution in [1.29, 1.82) is 0 Å². The van der Waals surface area contributed by atoms with E-state index in [-0.39, 0.29) is 43.1 Å². The Morgan fingerprint density at radius 2 is 1.30 bits per heavy atom. The minimum absolute atomic E-state index is 0. The third-order valence-electron chi connectivity index (χ3n) is 13.2. The number of pyridine rings is 1. The maximum Gasteiger partial charge on any atom is 0.148 e. The fourth-order valence-electron chi connectivity index (χ4n) is 9.68. The van der Waals surface area contributed by atoms with Crippen molar-refractivity contribution < 1.29 is 26.2 Å². The molecule has 0 fully saturated rings. The number of imidazole rings is 1. The van der Waals surface area contributed by atoms with Crippen molar-refractivity contribution in [2.45, 2.75) is 91.7 Å². The van der Waals surface area contributed by atoms with Gasteiger partial charge in [-0.1, -0.05) is 154 Å². The molecule has 9 aromatic rings. The summed E-state index contributed by atoms with van der Waals surface area (Å²) in [5.41, 5.74) is 13.7. The summed E-state index contributed by atoms with van der Waals surface area (Å²) in [5.74, 6) is 0.961. The number of phenolic OH excluding ortho intramolecular Hbond substituents is 1. The van der Waals surface area contributed by atoms with E-state index in [4.69, 9.17) is 9.97 Å². The average Bonchev–Trinajstić information content (AvgIpc) is 3.78. The molecule has 0 bridgehead atoms. The summed E-state index contributed by atoms with van der Waals surface area (Å²) in [6.07, 6.45) is 1.90. The Balaban J connectivity index is 0.00000504. The van der Waals surface area contributed by atoms with Crippen LogP contribution in [-0.2, 0) is 37.3 Å². The average molecular weight is 1020 g/mol. The standard InChI is InChI=1S/C56H55N4OSi.Pt/c1-54(2,3)36-26-27-44(41(31-36)34-18-13-12-14-19-34)59-45-23-15-20-38(49(45)58-53(59)42-32-37(55(4,5)6)33-43(51(42)61)56(7,8)9)35-25-28-47-46(30-35)60-50-39(40-22-17-29-57-52(40)60)21-16-24-48(50)62(47,10)11;/h12-29,31-33,61H,1-11H3;/q-1;. The quantitative estimate of drug-likeness (QED) is 0.141. The van der Waals surface area contributed by atoms with Crippen LogP contribution >= 0.6 is 0 Å². The predicted octanol–water partition coefficient (Wildman–Crippen LogP) is 13.1. The maximum absolute atomic E-state index is 12.5. The smallest absolute Gasteiger partial charge is 0.148 e. The van der Waals surface area contributed by atoms with Crippen molar-refractivity contribution in [3.05, 3.63) is 150 Å². The van der Waals surface area contributed by atoms with Crippen LogP contribution in [0.4, 0.5) is 0 Å². The second-order valence-electron chi connectivity index (χ2n) is 20.9. The first-order valence-corrected chi connectivity index (χ1v) is 24.9. The second kappa shape index (κ2) is 14.8. The van der Waals surface area contributed by atoms with E-state index >= 15 is 0 Å². The Morgan fingerprint density at radius 1 is 0.603 bits per heavy atom. The molecule has 0 aliphatic carbocycles. The first-order chi connectivity index (χ1) is 29.3. The van der Waals surface area contributed by atoms with Gasteiger partial charge in [0.2, 0.25) is 0 Å². The van der Waals surface area contributed by atoms with Gasteiger partial charge in [-0.25, -0.2) is 9.97 Å². The van der Waals surface area contributed by atoms with Gasteiger partial charge in [-0.05, 0) is 80.2 Å². The SMILES string of the molecule is CC(C)(C)c1ccc(-n2c(-c3cc(C(C)(C)C)cc(C(C)(C)C)c3O)nc3c(-c4[c-]c5c(cc4)[Si](C)(C)c4cccc6c7cccnc7n-5c46)cccc32)c(-c2ccccc2)c1.[Pt]. The molecule has 10 rings (SSSR count). The van der Waals surface area contributed by atoms with E-state index in [1.807, 2.05) is 12.3 Å². The van der Waals surface area contributed by atoms with Gasteiger partial charge < -0.3 is 9.67 Å². The van der Waals surface area contributed by atoms with Crippen molar-refractivity contribution in [1.82, 2.24) is 19.1 Å². The summed E-state index contributed by atoms with van der Waals surface area (Å²) < 4.78 is 4.65. The number of aromatic nitrogens is 4. The van der Waals surface area contributed by atoms with Crippen LogP contribution < -0.4 is 10.4 Å². The Kier molecular flexibility index (Phi) is 10.0. The minimum atomic E-state index is -2.13. The summed E-state index contributed by atoms with van der Waals surface area (Å²) in [5, 5.41) is 17.7. The van der Waals surface area contributed by atoms with Crippen molar-refractivity contribution in [2.24, 2.45) is 0 Å². The van der Waals surface area contributed by atoms with E-state index in [0.717, 1.165) is 72.4 Å². The molecule has 0 saturated heterocycles. The molecule has 0 amide bonds. The molecule has 320 valence electrons. The van der Waals surface area contributed by atoms with E-state index in [0.29, 0.717) is 5.82 Å². The maximum atomic E-state index is 12.5. The van der Waals surface area contributed by atoms with E-state index in [9.17, 15) is 5.11 Å². The molecule has 0 saturated carbocycles. The van der Waals surface area contributed by atoms with Gasteiger partial charge >= 0.3 is 0 Å². The number of benzene rings is 6. The third kappa shape index (κ3) is 6.75. The Bertz CT molecular complexity index is 3280. The minimum Gasteiger partial charge on any atom is -0.507 e. The number of rotatable bonds is 4. The summed E-state index contributed by atoms with van der Waals surface area (Å²) in [6.45, 7) is 24.9. The predicted molar refractivity (Wildman–Crippen MR) is 263 cm³/mol. The van der Waals surface area contributed by atoms with Crippen LogP contribution in [0, 0.1) is 6.07 Å². The molecule has 1 N–H and O–H groups in total. The zero-order valence-electron chi connectivity index (χ0n) is 38.2. The van der Waals surface area contributed by atoms with Crippen molar-refractivity contribution >= 4 is 51.4 Å². The molecule has 1 aliphatic rings. The zero-order chi connectivity index (χ0) is 43.7. The van der Waals surface area contributed by atoms with Crippen molar-refractivity contribution in [2.75, 3.05) is 0 Å². The second-order valence-corrected chi connectivity index (χ2v) is 25.2. The van der Waals surface area contributed by atoms with Crippen LogP contribution in [0.15, 0.2) is 128 Å². The van der Waals surface area contributed by atoms with Gasteiger partial charge in [-0.2, -0.15) is 0 Å². The number of nitrogens with zero attached hydrogens (tertiary/aromatic N) is 4. The van der Waals surface area contributed by atoms with Crippen molar-refractivity contribution in [3.8, 4) is 50.8 Å². The molecule has 3 aromatic heterocycles. The Morgan fingerprint density at radius 3 is 2.02 bits per heavy atom. The summed E-state index contributed by atoms with van der Waals surface area (Å²) in [4.78, 5) is 10.7. The number of fused-ring (bicyclic) bond motifs is 6. The molecule has 6 aromatic carbocycles. The molecule has 0 radical (unpaired) electrons. The molecule has 0 unspecified atom stereocenters. The monoisotopic (exact) mass is 1020 g/mol. The third-order valence-corrected chi connectivity index (χ3v) is 16.7.